The summed E-state index contributed by atoms with van der Waals surface area (Å²) in [6, 6.07) is 9.73. The van der Waals surface area contributed by atoms with Crippen LogP contribution in [0.25, 0.3) is 27.8 Å². The van der Waals surface area contributed by atoms with Crippen molar-refractivity contribution in [2.24, 2.45) is 11.8 Å². The molecule has 4 aromatic rings. The summed E-state index contributed by atoms with van der Waals surface area (Å²) in [5, 5.41) is 14.1. The van der Waals surface area contributed by atoms with E-state index in [1.807, 2.05) is 48.0 Å². The number of hydrogen-bond donors (Lipinski definition) is 0. The molecule has 3 heterocycles. The van der Waals surface area contributed by atoms with Crippen LogP contribution >= 0.6 is 11.6 Å². The molecule has 3 aromatic heterocycles. The van der Waals surface area contributed by atoms with E-state index in [4.69, 9.17) is 11.6 Å². The zero-order chi connectivity index (χ0) is 21.0. The number of aromatic nitrogens is 5. The van der Waals surface area contributed by atoms with Crippen LogP contribution in [-0.4, -0.2) is 24.4 Å². The Morgan fingerprint density at radius 2 is 1.83 bits per heavy atom. The van der Waals surface area contributed by atoms with Gasteiger partial charge in [-0.1, -0.05) is 50.4 Å². The molecule has 154 valence electrons. The van der Waals surface area contributed by atoms with E-state index in [0.717, 1.165) is 29.7 Å². The first-order valence-corrected chi connectivity index (χ1v) is 10.9. The van der Waals surface area contributed by atoms with Gasteiger partial charge in [-0.3, -0.25) is 4.79 Å². The second-order valence-electron chi connectivity index (χ2n) is 8.50. The number of aryl methyl sites for hydroxylation is 1. The number of pyridine rings is 1. The Hall–Kier alpha value is -2.73. The lowest BCUT2D eigenvalue weighted by Gasteiger charge is -2.35. The highest BCUT2D eigenvalue weighted by Crippen LogP contribution is 2.37. The van der Waals surface area contributed by atoms with Gasteiger partial charge in [0.1, 0.15) is 5.52 Å². The zero-order valence-corrected chi connectivity index (χ0v) is 18.1. The first-order valence-electron chi connectivity index (χ1n) is 10.5. The van der Waals surface area contributed by atoms with Crippen molar-refractivity contribution in [3.8, 4) is 11.1 Å². The maximum atomic E-state index is 13.3. The average molecular weight is 422 g/mol. The van der Waals surface area contributed by atoms with E-state index in [-0.39, 0.29) is 11.6 Å². The summed E-state index contributed by atoms with van der Waals surface area (Å²) in [5.74, 6) is 1.06. The molecule has 3 unspecified atom stereocenters. The molecule has 0 spiro atoms. The Kier molecular flexibility index (Phi) is 4.62. The molecule has 0 amide bonds. The first kappa shape index (κ1) is 19.2. The molecule has 1 saturated carbocycles. The van der Waals surface area contributed by atoms with Crippen molar-refractivity contribution < 1.29 is 0 Å². The van der Waals surface area contributed by atoms with E-state index in [1.54, 1.807) is 4.52 Å². The summed E-state index contributed by atoms with van der Waals surface area (Å²) in [6.07, 6.45) is 5.30. The molecule has 1 aromatic carbocycles. The number of benzene rings is 1. The molecule has 7 heteroatoms. The molecule has 0 radical (unpaired) electrons. The summed E-state index contributed by atoms with van der Waals surface area (Å²) >= 11 is 6.04. The van der Waals surface area contributed by atoms with Gasteiger partial charge in [-0.15, -0.1) is 10.2 Å². The summed E-state index contributed by atoms with van der Waals surface area (Å²) in [6.45, 7) is 6.46. The molecule has 0 aliphatic heterocycles. The van der Waals surface area contributed by atoms with Crippen molar-refractivity contribution in [3.05, 3.63) is 57.6 Å². The fraction of sp³-hybridized carbons (Fsp3) is 0.391. The quantitative estimate of drug-likeness (QED) is 0.453. The third-order valence-corrected chi connectivity index (χ3v) is 6.99. The van der Waals surface area contributed by atoms with Crippen LogP contribution in [0.15, 0.2) is 41.3 Å². The van der Waals surface area contributed by atoms with E-state index >= 15 is 0 Å². The van der Waals surface area contributed by atoms with E-state index in [9.17, 15) is 4.79 Å². The molecule has 0 saturated heterocycles. The van der Waals surface area contributed by atoms with Gasteiger partial charge in [-0.2, -0.15) is 5.10 Å². The monoisotopic (exact) mass is 421 g/mol. The molecule has 1 fully saturated rings. The van der Waals surface area contributed by atoms with Crippen LogP contribution in [0.5, 0.6) is 0 Å². The van der Waals surface area contributed by atoms with Crippen LogP contribution in [0, 0.1) is 18.8 Å². The first-order chi connectivity index (χ1) is 14.5. The predicted octanol–water partition coefficient (Wildman–Crippen LogP) is 5.07. The van der Waals surface area contributed by atoms with E-state index in [2.05, 4.69) is 29.1 Å². The molecule has 1 aliphatic carbocycles. The van der Waals surface area contributed by atoms with Crippen LogP contribution in [0.4, 0.5) is 0 Å². The van der Waals surface area contributed by atoms with Crippen molar-refractivity contribution in [2.75, 3.05) is 0 Å². The lowest BCUT2D eigenvalue weighted by Crippen LogP contribution is -2.34. The van der Waals surface area contributed by atoms with Gasteiger partial charge in [-0.25, -0.2) is 4.52 Å². The van der Waals surface area contributed by atoms with Gasteiger partial charge in [0.2, 0.25) is 0 Å². The van der Waals surface area contributed by atoms with E-state index in [1.165, 1.54) is 6.42 Å². The van der Waals surface area contributed by atoms with Crippen molar-refractivity contribution in [2.45, 2.75) is 46.1 Å². The van der Waals surface area contributed by atoms with Crippen LogP contribution in [0.2, 0.25) is 5.02 Å². The molecule has 0 bridgehead atoms. The molecule has 0 N–H and O–H groups in total. The highest BCUT2D eigenvalue weighted by atomic mass is 35.5. The lowest BCUT2D eigenvalue weighted by atomic mass is 9.78. The lowest BCUT2D eigenvalue weighted by molar-refractivity contribution is 0.183. The molecule has 5 rings (SSSR count). The highest BCUT2D eigenvalue weighted by molar-refractivity contribution is 6.30. The largest absolute Gasteiger partial charge is 0.310 e. The van der Waals surface area contributed by atoms with Crippen molar-refractivity contribution in [1.29, 1.82) is 0 Å². The summed E-state index contributed by atoms with van der Waals surface area (Å²) in [5.41, 5.74) is 4.30. The van der Waals surface area contributed by atoms with Crippen LogP contribution in [0.3, 0.4) is 0 Å². The number of rotatable bonds is 2. The van der Waals surface area contributed by atoms with Gasteiger partial charge < -0.3 is 4.57 Å². The molecular formula is C23H24ClN5O. The van der Waals surface area contributed by atoms with E-state index < -0.39 is 0 Å². The fourth-order valence-corrected chi connectivity index (χ4v) is 4.96. The Balaban J connectivity index is 1.68. The average Bonchev–Trinajstić information content (AvgIpc) is 3.08. The standard InChI is InChI=1S/C23H24ClN5O/c1-13-5-4-6-18(14(13)2)28-12-11-19-21(23(28)30)25-26-22-20(15(3)27-29(19)22)16-7-9-17(24)10-8-16/h7-14,18H,4-6H2,1-3H3. The SMILES string of the molecule is Cc1nn2c(nnc3c(=O)n(C4CCCC(C)C4C)ccc32)c1-c1ccc(Cl)cc1. The molecular weight excluding hydrogens is 398 g/mol. The predicted molar refractivity (Wildman–Crippen MR) is 119 cm³/mol. The third kappa shape index (κ3) is 2.93. The van der Waals surface area contributed by atoms with Gasteiger partial charge >= 0.3 is 0 Å². The van der Waals surface area contributed by atoms with Gasteiger partial charge in [0.05, 0.1) is 11.3 Å². The van der Waals surface area contributed by atoms with Crippen LogP contribution < -0.4 is 5.56 Å². The van der Waals surface area contributed by atoms with Gasteiger partial charge in [-0.05, 0) is 48.9 Å². The molecule has 3 atom stereocenters. The minimum atomic E-state index is -0.0888. The van der Waals surface area contributed by atoms with Crippen molar-refractivity contribution in [3.63, 3.8) is 0 Å². The minimum Gasteiger partial charge on any atom is -0.310 e. The summed E-state index contributed by atoms with van der Waals surface area (Å²) in [4.78, 5) is 13.3. The summed E-state index contributed by atoms with van der Waals surface area (Å²) < 4.78 is 3.60. The minimum absolute atomic E-state index is 0.0888. The van der Waals surface area contributed by atoms with Crippen molar-refractivity contribution in [1.82, 2.24) is 24.4 Å². The second-order valence-corrected chi connectivity index (χ2v) is 8.94. The topological polar surface area (TPSA) is 65.1 Å². The number of halogens is 1. The maximum absolute atomic E-state index is 13.3. The van der Waals surface area contributed by atoms with Gasteiger partial charge in [0.25, 0.3) is 5.56 Å². The third-order valence-electron chi connectivity index (χ3n) is 6.74. The molecule has 30 heavy (non-hydrogen) atoms. The Labute approximate surface area is 179 Å². The molecule has 6 nitrogen and oxygen atoms in total. The maximum Gasteiger partial charge on any atom is 0.280 e. The van der Waals surface area contributed by atoms with Crippen LogP contribution in [0.1, 0.15) is 44.8 Å². The fourth-order valence-electron chi connectivity index (χ4n) is 4.83. The highest BCUT2D eigenvalue weighted by Gasteiger charge is 2.29. The van der Waals surface area contributed by atoms with E-state index in [0.29, 0.717) is 33.5 Å². The zero-order valence-electron chi connectivity index (χ0n) is 17.3. The summed E-state index contributed by atoms with van der Waals surface area (Å²) in [7, 11) is 0. The molecule has 1 aliphatic rings. The number of nitrogens with zero attached hydrogens (tertiary/aromatic N) is 5. The Morgan fingerprint density at radius 1 is 1.07 bits per heavy atom. The van der Waals surface area contributed by atoms with Gasteiger partial charge in [0.15, 0.2) is 11.2 Å². The second kappa shape index (κ2) is 7.20. The smallest absolute Gasteiger partial charge is 0.280 e. The number of hydrogen-bond acceptors (Lipinski definition) is 4. The normalized spacial score (nSPS) is 22.1. The van der Waals surface area contributed by atoms with Crippen LogP contribution in [-0.2, 0) is 0 Å². The Bertz CT molecular complexity index is 1310. The van der Waals surface area contributed by atoms with Gasteiger partial charge in [0, 0.05) is 17.3 Å². The Morgan fingerprint density at radius 3 is 2.60 bits per heavy atom. The number of fused-ring (bicyclic) bond motifs is 3. The van der Waals surface area contributed by atoms with Crippen molar-refractivity contribution >= 4 is 28.3 Å².